The molecule has 1 unspecified atom stereocenters. The van der Waals surface area contributed by atoms with Crippen LogP contribution in [0.25, 0.3) is 11.1 Å². The maximum Gasteiger partial charge on any atom is 0.0874 e. The molecule has 0 amide bonds. The highest BCUT2D eigenvalue weighted by atomic mass is 15.3. The van der Waals surface area contributed by atoms with Crippen LogP contribution in [0.3, 0.4) is 0 Å². The van der Waals surface area contributed by atoms with Crippen LogP contribution in [0.2, 0.25) is 0 Å². The number of nitrogens with zero attached hydrogens (tertiary/aromatic N) is 2. The molecule has 3 nitrogen and oxygen atoms in total. The summed E-state index contributed by atoms with van der Waals surface area (Å²) in [7, 11) is 2.04. The lowest BCUT2D eigenvalue weighted by atomic mass is 9.96. The molecule has 3 heteroatoms. The van der Waals surface area contributed by atoms with Gasteiger partial charge in [-0.2, -0.15) is 5.10 Å². The third-order valence-electron chi connectivity index (χ3n) is 4.55. The van der Waals surface area contributed by atoms with Gasteiger partial charge in [-0.25, -0.2) is 0 Å². The zero-order chi connectivity index (χ0) is 14.3. The van der Waals surface area contributed by atoms with E-state index in [9.17, 15) is 0 Å². The second kappa shape index (κ2) is 5.06. The van der Waals surface area contributed by atoms with Crippen molar-refractivity contribution in [2.45, 2.75) is 39.7 Å². The summed E-state index contributed by atoms with van der Waals surface area (Å²) in [5.41, 5.74) is 7.76. The van der Waals surface area contributed by atoms with Crippen LogP contribution in [-0.4, -0.2) is 16.3 Å². The molecule has 1 aliphatic rings. The van der Waals surface area contributed by atoms with Crippen molar-refractivity contribution in [2.75, 3.05) is 6.54 Å². The number of rotatable bonds is 2. The Hall–Kier alpha value is -1.61. The minimum atomic E-state index is 0.409. The van der Waals surface area contributed by atoms with Crippen LogP contribution in [0.4, 0.5) is 0 Å². The van der Waals surface area contributed by atoms with Crippen molar-refractivity contribution in [2.24, 2.45) is 7.05 Å². The maximum atomic E-state index is 4.77. The summed E-state index contributed by atoms with van der Waals surface area (Å²) in [6.07, 6.45) is 2.43. The van der Waals surface area contributed by atoms with Crippen molar-refractivity contribution in [1.29, 1.82) is 0 Å². The Morgan fingerprint density at radius 1 is 1.20 bits per heavy atom. The van der Waals surface area contributed by atoms with Crippen LogP contribution in [0.5, 0.6) is 0 Å². The SMILES string of the molecule is Cc1ccc(-c2c(C3CCCN3)nn(C)c2C)cc1C. The Labute approximate surface area is 121 Å². The van der Waals surface area contributed by atoms with Crippen LogP contribution in [0, 0.1) is 20.8 Å². The van der Waals surface area contributed by atoms with Crippen molar-refractivity contribution in [1.82, 2.24) is 15.1 Å². The Morgan fingerprint density at radius 2 is 2.00 bits per heavy atom. The lowest BCUT2D eigenvalue weighted by Gasteiger charge is -2.12. The molecule has 1 N–H and O–H groups in total. The summed E-state index contributed by atoms with van der Waals surface area (Å²) in [5.74, 6) is 0. The van der Waals surface area contributed by atoms with E-state index in [2.05, 4.69) is 44.3 Å². The van der Waals surface area contributed by atoms with Crippen LogP contribution >= 0.6 is 0 Å². The summed E-state index contributed by atoms with van der Waals surface area (Å²) in [4.78, 5) is 0. The topological polar surface area (TPSA) is 29.9 Å². The number of benzene rings is 1. The first-order valence-corrected chi connectivity index (χ1v) is 7.42. The molecule has 0 bridgehead atoms. The van der Waals surface area contributed by atoms with Crippen LogP contribution in [0.15, 0.2) is 18.2 Å². The second-order valence-corrected chi connectivity index (χ2v) is 5.92. The molecule has 0 radical (unpaired) electrons. The van der Waals surface area contributed by atoms with Gasteiger partial charge < -0.3 is 5.32 Å². The largest absolute Gasteiger partial charge is 0.309 e. The normalized spacial score (nSPS) is 18.7. The van der Waals surface area contributed by atoms with E-state index in [0.29, 0.717) is 6.04 Å². The molecular weight excluding hydrogens is 246 g/mol. The quantitative estimate of drug-likeness (QED) is 0.905. The summed E-state index contributed by atoms with van der Waals surface area (Å²) in [5, 5.41) is 8.35. The molecule has 0 spiro atoms. The zero-order valence-corrected chi connectivity index (χ0v) is 12.8. The van der Waals surface area contributed by atoms with Crippen molar-refractivity contribution < 1.29 is 0 Å². The van der Waals surface area contributed by atoms with Gasteiger partial charge in [0.2, 0.25) is 0 Å². The molecule has 106 valence electrons. The summed E-state index contributed by atoms with van der Waals surface area (Å²) in [6, 6.07) is 7.14. The van der Waals surface area contributed by atoms with Gasteiger partial charge in [-0.05, 0) is 56.8 Å². The van der Waals surface area contributed by atoms with Crippen molar-refractivity contribution >= 4 is 0 Å². The number of nitrogens with one attached hydrogen (secondary N) is 1. The van der Waals surface area contributed by atoms with Gasteiger partial charge in [0.05, 0.1) is 11.7 Å². The molecule has 3 rings (SSSR count). The van der Waals surface area contributed by atoms with Crippen LogP contribution in [0.1, 0.15) is 41.4 Å². The minimum Gasteiger partial charge on any atom is -0.309 e. The third-order valence-corrected chi connectivity index (χ3v) is 4.55. The van der Waals surface area contributed by atoms with Gasteiger partial charge >= 0.3 is 0 Å². The van der Waals surface area contributed by atoms with Crippen molar-refractivity contribution in [3.63, 3.8) is 0 Å². The minimum absolute atomic E-state index is 0.409. The predicted octanol–water partition coefficient (Wildman–Crippen LogP) is 3.44. The molecule has 1 fully saturated rings. The summed E-state index contributed by atoms with van der Waals surface area (Å²) in [6.45, 7) is 7.61. The van der Waals surface area contributed by atoms with E-state index in [1.165, 1.54) is 46.5 Å². The first-order chi connectivity index (χ1) is 9.58. The standard InChI is InChI=1S/C17H23N3/c1-11-7-8-14(10-12(11)2)16-13(3)20(4)19-17(16)15-6-5-9-18-15/h7-8,10,15,18H,5-6,9H2,1-4H3. The van der Waals surface area contributed by atoms with E-state index < -0.39 is 0 Å². The van der Waals surface area contributed by atoms with E-state index in [-0.39, 0.29) is 0 Å². The number of hydrogen-bond acceptors (Lipinski definition) is 2. The molecule has 0 saturated carbocycles. The lowest BCUT2D eigenvalue weighted by Crippen LogP contribution is -2.14. The van der Waals surface area contributed by atoms with Gasteiger partial charge in [-0.15, -0.1) is 0 Å². The molecular formula is C17H23N3. The van der Waals surface area contributed by atoms with Crippen molar-refractivity contribution in [3.8, 4) is 11.1 Å². The van der Waals surface area contributed by atoms with Crippen LogP contribution < -0.4 is 5.32 Å². The Bertz CT molecular complexity index is 634. The fraction of sp³-hybridized carbons (Fsp3) is 0.471. The molecule has 1 aromatic heterocycles. The van der Waals surface area contributed by atoms with E-state index in [4.69, 9.17) is 5.10 Å². The fourth-order valence-corrected chi connectivity index (χ4v) is 3.05. The zero-order valence-electron chi connectivity index (χ0n) is 12.8. The molecule has 1 aromatic carbocycles. The summed E-state index contributed by atoms with van der Waals surface area (Å²) < 4.78 is 2.01. The molecule has 1 saturated heterocycles. The average Bonchev–Trinajstić information content (AvgIpc) is 3.03. The van der Waals surface area contributed by atoms with E-state index in [1.807, 2.05) is 11.7 Å². The van der Waals surface area contributed by atoms with Gasteiger partial charge in [0.25, 0.3) is 0 Å². The van der Waals surface area contributed by atoms with E-state index in [0.717, 1.165) is 6.54 Å². The molecule has 0 aliphatic carbocycles. The predicted molar refractivity (Wildman–Crippen MR) is 82.8 cm³/mol. The molecule has 2 heterocycles. The van der Waals surface area contributed by atoms with E-state index >= 15 is 0 Å². The van der Waals surface area contributed by atoms with Gasteiger partial charge in [0, 0.05) is 18.3 Å². The summed E-state index contributed by atoms with van der Waals surface area (Å²) >= 11 is 0. The smallest absolute Gasteiger partial charge is 0.0874 e. The molecule has 1 aliphatic heterocycles. The van der Waals surface area contributed by atoms with Gasteiger partial charge in [0.1, 0.15) is 0 Å². The molecule has 20 heavy (non-hydrogen) atoms. The second-order valence-electron chi connectivity index (χ2n) is 5.92. The molecule has 2 aromatic rings. The monoisotopic (exact) mass is 269 g/mol. The Morgan fingerprint density at radius 3 is 2.65 bits per heavy atom. The Kier molecular flexibility index (Phi) is 3.38. The van der Waals surface area contributed by atoms with Gasteiger partial charge in [0.15, 0.2) is 0 Å². The third kappa shape index (κ3) is 2.16. The number of aromatic nitrogens is 2. The van der Waals surface area contributed by atoms with Crippen LogP contribution in [-0.2, 0) is 7.05 Å². The average molecular weight is 269 g/mol. The fourth-order valence-electron chi connectivity index (χ4n) is 3.05. The maximum absolute atomic E-state index is 4.77. The molecule has 1 atom stereocenters. The number of hydrogen-bond donors (Lipinski definition) is 1. The highest BCUT2D eigenvalue weighted by Gasteiger charge is 2.25. The first kappa shape index (κ1) is 13.4. The lowest BCUT2D eigenvalue weighted by molar-refractivity contribution is 0.605. The highest BCUT2D eigenvalue weighted by molar-refractivity contribution is 5.70. The van der Waals surface area contributed by atoms with Gasteiger partial charge in [-0.3, -0.25) is 4.68 Å². The highest BCUT2D eigenvalue weighted by Crippen LogP contribution is 2.34. The Balaban J connectivity index is 2.13. The number of aryl methyl sites for hydroxylation is 3. The van der Waals surface area contributed by atoms with Gasteiger partial charge in [-0.1, -0.05) is 18.2 Å². The van der Waals surface area contributed by atoms with E-state index in [1.54, 1.807) is 0 Å². The van der Waals surface area contributed by atoms with Crippen molar-refractivity contribution in [3.05, 3.63) is 40.7 Å². The first-order valence-electron chi connectivity index (χ1n) is 7.42.